The second-order valence-corrected chi connectivity index (χ2v) is 8.21. The molecule has 0 spiro atoms. The zero-order chi connectivity index (χ0) is 24.2. The number of hydrogen-bond donors (Lipinski definition) is 4. The number of amides is 3. The Balaban J connectivity index is 1.59. The van der Waals surface area contributed by atoms with E-state index in [4.69, 9.17) is 28.6 Å². The molecule has 0 saturated carbocycles. The summed E-state index contributed by atoms with van der Waals surface area (Å²) in [6.07, 6.45) is 1.04. The molecule has 0 aromatic heterocycles. The number of carbonyl (C=O) groups excluding carboxylic acids is 4. The molecule has 0 bridgehead atoms. The molecule has 0 radical (unpaired) electrons. The summed E-state index contributed by atoms with van der Waals surface area (Å²) in [5, 5.41) is 4.98. The van der Waals surface area contributed by atoms with Crippen LogP contribution in [0.2, 0.25) is 5.02 Å². The van der Waals surface area contributed by atoms with Gasteiger partial charge >= 0.3 is 0 Å². The topological polar surface area (TPSA) is 126 Å². The van der Waals surface area contributed by atoms with Crippen LogP contribution in [0.25, 0.3) is 0 Å². The second kappa shape index (κ2) is 9.80. The van der Waals surface area contributed by atoms with Crippen LogP contribution in [-0.4, -0.2) is 34.2 Å². The van der Waals surface area contributed by atoms with E-state index in [1.165, 1.54) is 13.8 Å². The van der Waals surface area contributed by atoms with Crippen molar-refractivity contribution in [3.05, 3.63) is 76.5 Å². The molecular weight excluding hydrogens is 468 g/mol. The molecule has 170 valence electrons. The summed E-state index contributed by atoms with van der Waals surface area (Å²) in [6.45, 7) is 3.06. The van der Waals surface area contributed by atoms with Gasteiger partial charge in [-0.15, -0.1) is 0 Å². The second-order valence-electron chi connectivity index (χ2n) is 7.37. The maximum atomic E-state index is 12.5. The molecule has 4 N–H and O–H groups in total. The van der Waals surface area contributed by atoms with Crippen molar-refractivity contribution >= 4 is 52.4 Å². The molecule has 3 rings (SSSR count). The molecule has 33 heavy (non-hydrogen) atoms. The number of halogens is 1. The van der Waals surface area contributed by atoms with E-state index < -0.39 is 23.3 Å². The van der Waals surface area contributed by atoms with Crippen molar-refractivity contribution in [2.24, 2.45) is 0 Å². The molecule has 1 saturated heterocycles. The average molecular weight is 487 g/mol. The Hall–Kier alpha value is -3.76. The summed E-state index contributed by atoms with van der Waals surface area (Å²) in [5.74, 6) is -1.79. The lowest BCUT2D eigenvalue weighted by atomic mass is 10.0. The highest BCUT2D eigenvalue weighted by atomic mass is 35.5. The highest BCUT2D eigenvalue weighted by Crippen LogP contribution is 2.21. The molecule has 1 aliphatic rings. The van der Waals surface area contributed by atoms with Gasteiger partial charge in [0.25, 0.3) is 17.7 Å². The predicted molar refractivity (Wildman–Crippen MR) is 124 cm³/mol. The first kappa shape index (κ1) is 23.9. The lowest BCUT2D eigenvalue weighted by Crippen LogP contribution is -2.53. The summed E-state index contributed by atoms with van der Waals surface area (Å²) in [6, 6.07) is 12.9. The Morgan fingerprint density at radius 2 is 1.48 bits per heavy atom. The van der Waals surface area contributed by atoms with Gasteiger partial charge in [-0.3, -0.25) is 35.2 Å². The van der Waals surface area contributed by atoms with E-state index in [1.807, 2.05) is 0 Å². The number of carbonyl (C=O) groups is 4. The molecule has 3 amide bonds. The zero-order valence-corrected chi connectivity index (χ0v) is 19.1. The van der Waals surface area contributed by atoms with Crippen LogP contribution in [0.1, 0.15) is 29.8 Å². The lowest BCUT2D eigenvalue weighted by Gasteiger charge is -2.25. The quantitative estimate of drug-likeness (QED) is 0.154. The monoisotopic (exact) mass is 486 g/mol. The van der Waals surface area contributed by atoms with Crippen molar-refractivity contribution in [3.8, 4) is 5.75 Å². The maximum absolute atomic E-state index is 12.5. The van der Waals surface area contributed by atoms with Gasteiger partial charge < -0.3 is 10.2 Å². The number of ketones is 1. The van der Waals surface area contributed by atoms with Crippen LogP contribution in [0.3, 0.4) is 0 Å². The third-order valence-electron chi connectivity index (χ3n) is 4.49. The first-order valence-corrected chi connectivity index (χ1v) is 10.4. The van der Waals surface area contributed by atoms with Crippen molar-refractivity contribution in [2.45, 2.75) is 19.4 Å². The lowest BCUT2D eigenvalue weighted by molar-refractivity contribution is -0.135. The molecule has 0 atom stereocenters. The van der Waals surface area contributed by atoms with Crippen LogP contribution in [0.4, 0.5) is 0 Å². The van der Waals surface area contributed by atoms with Crippen molar-refractivity contribution in [3.63, 3.8) is 0 Å². The minimum Gasteiger partial charge on any atom is -0.478 e. The Morgan fingerprint density at radius 1 is 0.970 bits per heavy atom. The number of thiocarbonyl (C=S) groups is 1. The Kier molecular flexibility index (Phi) is 7.10. The minimum atomic E-state index is -1.33. The van der Waals surface area contributed by atoms with Crippen molar-refractivity contribution < 1.29 is 23.9 Å². The molecule has 2 aromatic rings. The van der Waals surface area contributed by atoms with E-state index in [-0.39, 0.29) is 16.5 Å². The molecule has 1 fully saturated rings. The highest BCUT2D eigenvalue weighted by molar-refractivity contribution is 7.80. The Labute approximate surface area is 199 Å². The number of hydrazine groups is 1. The fourth-order valence-corrected chi connectivity index (χ4v) is 3.03. The van der Waals surface area contributed by atoms with E-state index in [0.717, 1.165) is 6.20 Å². The first-order valence-electron chi connectivity index (χ1n) is 9.59. The maximum Gasteiger partial charge on any atom is 0.281 e. The smallest absolute Gasteiger partial charge is 0.281 e. The van der Waals surface area contributed by atoms with E-state index in [1.54, 1.807) is 48.5 Å². The van der Waals surface area contributed by atoms with E-state index in [9.17, 15) is 19.2 Å². The summed E-state index contributed by atoms with van der Waals surface area (Å²) in [7, 11) is 0. The number of benzene rings is 2. The molecule has 1 aliphatic heterocycles. The third-order valence-corrected chi connectivity index (χ3v) is 4.94. The van der Waals surface area contributed by atoms with Gasteiger partial charge in [-0.2, -0.15) is 0 Å². The van der Waals surface area contributed by atoms with Gasteiger partial charge in [-0.1, -0.05) is 11.6 Å². The van der Waals surface area contributed by atoms with Crippen LogP contribution in [0.5, 0.6) is 5.75 Å². The van der Waals surface area contributed by atoms with Gasteiger partial charge in [0.2, 0.25) is 0 Å². The number of ether oxygens (including phenoxy) is 1. The fourth-order valence-electron chi connectivity index (χ4n) is 2.71. The van der Waals surface area contributed by atoms with Gasteiger partial charge in [0, 0.05) is 22.3 Å². The van der Waals surface area contributed by atoms with Crippen LogP contribution in [0, 0.1) is 0 Å². The molecule has 0 aliphatic carbocycles. The average Bonchev–Trinajstić information content (AvgIpc) is 2.75. The van der Waals surface area contributed by atoms with Crippen molar-refractivity contribution in [1.82, 2.24) is 21.5 Å². The van der Waals surface area contributed by atoms with Crippen molar-refractivity contribution in [2.75, 3.05) is 0 Å². The third kappa shape index (κ3) is 5.93. The normalized spacial score (nSPS) is 13.5. The van der Waals surface area contributed by atoms with Gasteiger partial charge in [0.1, 0.15) is 11.3 Å². The van der Waals surface area contributed by atoms with E-state index >= 15 is 0 Å². The number of rotatable bonds is 7. The molecular formula is C22H19ClN4O5S. The van der Waals surface area contributed by atoms with Crippen LogP contribution < -0.4 is 26.2 Å². The van der Waals surface area contributed by atoms with Crippen LogP contribution >= 0.6 is 23.8 Å². The standard InChI is InChI=1S/C22H19ClN4O5S/c1-22(2,20(31)27-24-11-16-18(29)25-21(33)26-19(16)30)32-15-9-5-13(6-10-15)17(28)12-3-7-14(23)8-4-12/h3-11,24H,1-2H3,(H,27,31)(H2,25,26,29,30,33). The predicted octanol–water partition coefficient (Wildman–Crippen LogP) is 1.76. The van der Waals surface area contributed by atoms with E-state index in [0.29, 0.717) is 21.9 Å². The largest absolute Gasteiger partial charge is 0.478 e. The molecule has 0 unspecified atom stereocenters. The number of nitrogens with one attached hydrogen (secondary N) is 4. The van der Waals surface area contributed by atoms with Crippen LogP contribution in [-0.2, 0) is 14.4 Å². The number of hydrogen-bond acceptors (Lipinski definition) is 7. The molecule has 11 heteroatoms. The van der Waals surface area contributed by atoms with Gasteiger partial charge in [0.15, 0.2) is 16.5 Å². The van der Waals surface area contributed by atoms with Gasteiger partial charge in [-0.05, 0) is 74.6 Å². The summed E-state index contributed by atoms with van der Waals surface area (Å²) >= 11 is 10.6. The highest BCUT2D eigenvalue weighted by Gasteiger charge is 2.30. The molecule has 1 heterocycles. The van der Waals surface area contributed by atoms with Gasteiger partial charge in [0.05, 0.1) is 0 Å². The fraction of sp³-hybridized carbons (Fsp3) is 0.136. The summed E-state index contributed by atoms with van der Waals surface area (Å²) in [5.41, 5.74) is 4.11. The van der Waals surface area contributed by atoms with Crippen molar-refractivity contribution in [1.29, 1.82) is 0 Å². The SMILES string of the molecule is CC(C)(Oc1ccc(C(=O)c2ccc(Cl)cc2)cc1)C(=O)NNC=C1C(=O)NC(=S)NC1=O. The summed E-state index contributed by atoms with van der Waals surface area (Å²) in [4.78, 5) is 48.6. The van der Waals surface area contributed by atoms with E-state index in [2.05, 4.69) is 21.5 Å². The molecule has 9 nitrogen and oxygen atoms in total. The van der Waals surface area contributed by atoms with Gasteiger partial charge in [-0.25, -0.2) is 0 Å². The molecule has 2 aromatic carbocycles. The minimum absolute atomic E-state index is 0.0957. The Morgan fingerprint density at radius 3 is 2.03 bits per heavy atom. The zero-order valence-electron chi connectivity index (χ0n) is 17.5. The summed E-state index contributed by atoms with van der Waals surface area (Å²) < 4.78 is 5.74. The first-order chi connectivity index (χ1) is 15.6. The van der Waals surface area contributed by atoms with Crippen LogP contribution in [0.15, 0.2) is 60.3 Å². The Bertz CT molecular complexity index is 1140.